The highest BCUT2D eigenvalue weighted by Crippen LogP contribution is 2.26. The number of nitrogens with one attached hydrogen (secondary N) is 1. The first-order valence-electron chi connectivity index (χ1n) is 8.95. The summed E-state index contributed by atoms with van der Waals surface area (Å²) in [6.07, 6.45) is 1.04. The van der Waals surface area contributed by atoms with E-state index in [1.165, 1.54) is 0 Å². The Morgan fingerprint density at radius 1 is 1.04 bits per heavy atom. The zero-order valence-electron chi connectivity index (χ0n) is 14.7. The van der Waals surface area contributed by atoms with Crippen molar-refractivity contribution >= 4 is 5.91 Å². The lowest BCUT2D eigenvalue weighted by atomic mass is 9.87. The van der Waals surface area contributed by atoms with E-state index in [1.54, 1.807) is 0 Å². The van der Waals surface area contributed by atoms with Crippen molar-refractivity contribution in [1.82, 2.24) is 5.32 Å². The molecule has 5 N–H and O–H groups in total. The SMILES string of the molecule is CC(C)[C@@H]1OC(CO)[C@@H](O)C(O)C1NC(=O)CCCCCCCO. The number of unbranched alkanes of at least 4 members (excludes halogenated alkanes) is 4. The van der Waals surface area contributed by atoms with Crippen LogP contribution in [0.4, 0.5) is 0 Å². The van der Waals surface area contributed by atoms with Crippen molar-refractivity contribution in [2.75, 3.05) is 13.2 Å². The molecule has 1 aliphatic heterocycles. The summed E-state index contributed by atoms with van der Waals surface area (Å²) in [6, 6.07) is -0.690. The van der Waals surface area contributed by atoms with Crippen LogP contribution in [0.25, 0.3) is 0 Å². The quantitative estimate of drug-likeness (QED) is 0.353. The van der Waals surface area contributed by atoms with Crippen LogP contribution < -0.4 is 5.32 Å². The van der Waals surface area contributed by atoms with Gasteiger partial charge in [-0.2, -0.15) is 0 Å². The number of amides is 1. The largest absolute Gasteiger partial charge is 0.396 e. The molecular formula is C17H33NO6. The van der Waals surface area contributed by atoms with Gasteiger partial charge >= 0.3 is 0 Å². The number of aliphatic hydroxyl groups excluding tert-OH is 4. The minimum atomic E-state index is -1.23. The molecule has 0 aromatic carbocycles. The monoisotopic (exact) mass is 347 g/mol. The van der Waals surface area contributed by atoms with Gasteiger partial charge in [-0.05, 0) is 18.8 Å². The van der Waals surface area contributed by atoms with Gasteiger partial charge in [0.2, 0.25) is 5.91 Å². The molecular weight excluding hydrogens is 314 g/mol. The molecule has 1 heterocycles. The Labute approximate surface area is 144 Å². The highest BCUT2D eigenvalue weighted by atomic mass is 16.5. The normalized spacial score (nSPS) is 30.5. The van der Waals surface area contributed by atoms with Gasteiger partial charge in [0.25, 0.3) is 0 Å². The Bertz CT molecular complexity index is 365. The van der Waals surface area contributed by atoms with E-state index in [-0.39, 0.29) is 25.0 Å². The Morgan fingerprint density at radius 3 is 2.25 bits per heavy atom. The molecule has 0 bridgehead atoms. The fraction of sp³-hybridized carbons (Fsp3) is 0.941. The second-order valence-corrected chi connectivity index (χ2v) is 6.88. The van der Waals surface area contributed by atoms with Gasteiger partial charge in [0.05, 0.1) is 18.8 Å². The maximum Gasteiger partial charge on any atom is 0.220 e. The first-order chi connectivity index (χ1) is 11.4. The molecule has 1 aliphatic rings. The summed E-state index contributed by atoms with van der Waals surface area (Å²) < 4.78 is 5.66. The zero-order valence-corrected chi connectivity index (χ0v) is 14.7. The molecule has 0 radical (unpaired) electrons. The van der Waals surface area contributed by atoms with Gasteiger partial charge in [-0.1, -0.05) is 33.1 Å². The summed E-state index contributed by atoms with van der Waals surface area (Å²) in [5.41, 5.74) is 0. The van der Waals surface area contributed by atoms with Crippen LogP contribution in [0, 0.1) is 5.92 Å². The Hall–Kier alpha value is -0.730. The Balaban J connectivity index is 2.48. The van der Waals surface area contributed by atoms with Gasteiger partial charge in [-0.15, -0.1) is 0 Å². The number of ether oxygens (including phenoxy) is 1. The fourth-order valence-electron chi connectivity index (χ4n) is 3.07. The first kappa shape index (κ1) is 21.3. The van der Waals surface area contributed by atoms with E-state index in [9.17, 15) is 20.1 Å². The van der Waals surface area contributed by atoms with Crippen molar-refractivity contribution in [3.63, 3.8) is 0 Å². The van der Waals surface area contributed by atoms with Crippen LogP contribution in [0.2, 0.25) is 0 Å². The van der Waals surface area contributed by atoms with Crippen LogP contribution in [-0.2, 0) is 9.53 Å². The molecule has 0 spiro atoms. The summed E-state index contributed by atoms with van der Waals surface area (Å²) in [6.45, 7) is 3.64. The predicted octanol–water partition coefficient (Wildman–Crippen LogP) is -0.0584. The number of carbonyl (C=O) groups is 1. The van der Waals surface area contributed by atoms with Crippen LogP contribution in [0.15, 0.2) is 0 Å². The molecule has 0 saturated carbocycles. The summed E-state index contributed by atoms with van der Waals surface area (Å²) in [4.78, 5) is 12.1. The van der Waals surface area contributed by atoms with Crippen LogP contribution in [0.3, 0.4) is 0 Å². The molecule has 1 amide bonds. The van der Waals surface area contributed by atoms with Gasteiger partial charge in [0, 0.05) is 13.0 Å². The lowest BCUT2D eigenvalue weighted by molar-refractivity contribution is -0.204. The minimum Gasteiger partial charge on any atom is -0.396 e. The molecule has 7 heteroatoms. The van der Waals surface area contributed by atoms with Crippen LogP contribution in [0.5, 0.6) is 0 Å². The smallest absolute Gasteiger partial charge is 0.220 e. The summed E-state index contributed by atoms with van der Waals surface area (Å²) in [5.74, 6) is -0.157. The van der Waals surface area contributed by atoms with Crippen molar-refractivity contribution in [2.24, 2.45) is 5.92 Å². The fourth-order valence-corrected chi connectivity index (χ4v) is 3.07. The average Bonchev–Trinajstić information content (AvgIpc) is 2.55. The minimum absolute atomic E-state index is 0.0185. The van der Waals surface area contributed by atoms with Crippen molar-refractivity contribution in [3.8, 4) is 0 Å². The number of aliphatic hydroxyl groups is 4. The average molecular weight is 347 g/mol. The maximum atomic E-state index is 12.1. The summed E-state index contributed by atoms with van der Waals surface area (Å²) >= 11 is 0. The van der Waals surface area contributed by atoms with Crippen LogP contribution in [0.1, 0.15) is 52.4 Å². The first-order valence-corrected chi connectivity index (χ1v) is 8.95. The second-order valence-electron chi connectivity index (χ2n) is 6.88. The molecule has 142 valence electrons. The summed E-state index contributed by atoms with van der Waals surface area (Å²) in [5, 5.41) is 41.1. The molecule has 1 rings (SSSR count). The molecule has 0 aliphatic carbocycles. The molecule has 0 aromatic rings. The van der Waals surface area contributed by atoms with Gasteiger partial charge in [0.15, 0.2) is 0 Å². The standard InChI is InChI=1S/C17H33NO6/c1-11(2)17-14(16(23)15(22)12(10-20)24-17)18-13(21)8-6-4-3-5-7-9-19/h11-12,14-17,19-20,22-23H,3-10H2,1-2H3,(H,18,21)/t12?,14?,15-,16?,17+/m1/s1. The van der Waals surface area contributed by atoms with Crippen LogP contribution >= 0.6 is 0 Å². The number of carbonyl (C=O) groups excluding carboxylic acids is 1. The van der Waals surface area contributed by atoms with Crippen molar-refractivity contribution in [3.05, 3.63) is 0 Å². The molecule has 24 heavy (non-hydrogen) atoms. The predicted molar refractivity (Wildman–Crippen MR) is 89.3 cm³/mol. The Morgan fingerprint density at radius 2 is 1.67 bits per heavy atom. The van der Waals surface area contributed by atoms with E-state index in [0.29, 0.717) is 6.42 Å². The van der Waals surface area contributed by atoms with Crippen molar-refractivity contribution in [1.29, 1.82) is 0 Å². The van der Waals surface area contributed by atoms with E-state index in [0.717, 1.165) is 32.1 Å². The van der Waals surface area contributed by atoms with E-state index in [4.69, 9.17) is 9.84 Å². The number of hydrogen-bond acceptors (Lipinski definition) is 6. The topological polar surface area (TPSA) is 119 Å². The third-order valence-electron chi connectivity index (χ3n) is 4.51. The van der Waals surface area contributed by atoms with E-state index in [2.05, 4.69) is 5.32 Å². The molecule has 3 unspecified atom stereocenters. The number of hydrogen-bond donors (Lipinski definition) is 5. The van der Waals surface area contributed by atoms with E-state index in [1.807, 2.05) is 13.8 Å². The maximum absolute atomic E-state index is 12.1. The van der Waals surface area contributed by atoms with Crippen LogP contribution in [-0.4, -0.2) is 70.0 Å². The molecule has 1 saturated heterocycles. The second kappa shape index (κ2) is 11.0. The highest BCUT2D eigenvalue weighted by molar-refractivity contribution is 5.76. The van der Waals surface area contributed by atoms with E-state index >= 15 is 0 Å². The van der Waals surface area contributed by atoms with Crippen molar-refractivity contribution in [2.45, 2.75) is 82.8 Å². The molecule has 7 nitrogen and oxygen atoms in total. The van der Waals surface area contributed by atoms with Gasteiger partial charge < -0.3 is 30.5 Å². The summed E-state index contributed by atoms with van der Waals surface area (Å²) in [7, 11) is 0. The van der Waals surface area contributed by atoms with E-state index < -0.39 is 30.5 Å². The third-order valence-corrected chi connectivity index (χ3v) is 4.51. The Kier molecular flexibility index (Phi) is 9.76. The molecule has 1 fully saturated rings. The van der Waals surface area contributed by atoms with Gasteiger partial charge in [0.1, 0.15) is 18.3 Å². The zero-order chi connectivity index (χ0) is 18.1. The van der Waals surface area contributed by atoms with Gasteiger partial charge in [-0.25, -0.2) is 0 Å². The van der Waals surface area contributed by atoms with Gasteiger partial charge in [-0.3, -0.25) is 4.79 Å². The lowest BCUT2D eigenvalue weighted by Crippen LogP contribution is -2.65. The lowest BCUT2D eigenvalue weighted by Gasteiger charge is -2.44. The highest BCUT2D eigenvalue weighted by Gasteiger charge is 2.45. The molecule has 5 atom stereocenters. The third kappa shape index (κ3) is 6.29. The number of rotatable bonds is 10. The molecule has 0 aromatic heterocycles. The van der Waals surface area contributed by atoms with Crippen molar-refractivity contribution < 1.29 is 30.0 Å².